The molecule has 0 spiro atoms. The number of carbonyl (C=O) groups excluding carboxylic acids is 3. The molecule has 154 valence electrons. The van der Waals surface area contributed by atoms with E-state index in [1.165, 1.54) is 29.7 Å². The normalized spacial score (nSPS) is 10.3. The molecule has 0 fully saturated rings. The van der Waals surface area contributed by atoms with Gasteiger partial charge in [-0.15, -0.1) is 11.3 Å². The quantitative estimate of drug-likeness (QED) is 0.427. The summed E-state index contributed by atoms with van der Waals surface area (Å²) in [6, 6.07) is 13.9. The monoisotopic (exact) mass is 444 g/mol. The summed E-state index contributed by atoms with van der Waals surface area (Å²) in [7, 11) is 0. The molecule has 0 aliphatic carbocycles. The molecule has 1 N–H and O–H groups in total. The lowest BCUT2D eigenvalue weighted by molar-refractivity contribution is -0.119. The molecule has 0 saturated heterocycles. The van der Waals surface area contributed by atoms with Crippen LogP contribution < -0.4 is 5.32 Å². The minimum atomic E-state index is -0.713. The molecule has 1 amide bonds. The maximum Gasteiger partial charge on any atom is 0.350 e. The third-order valence-electron chi connectivity index (χ3n) is 3.82. The molecular formula is C21H17ClN2O5S. The van der Waals surface area contributed by atoms with Crippen LogP contribution in [0, 0.1) is 0 Å². The second kappa shape index (κ2) is 10.00. The first-order valence-electron chi connectivity index (χ1n) is 8.93. The number of pyridine rings is 1. The summed E-state index contributed by atoms with van der Waals surface area (Å²) < 4.78 is 10.1. The molecule has 1 aromatic carbocycles. The first-order valence-corrected chi connectivity index (χ1v) is 10.1. The van der Waals surface area contributed by atoms with Gasteiger partial charge in [0.25, 0.3) is 5.91 Å². The number of rotatable bonds is 7. The van der Waals surface area contributed by atoms with Gasteiger partial charge in [-0.25, -0.2) is 14.6 Å². The number of anilines is 1. The molecule has 2 heterocycles. The fourth-order valence-corrected chi connectivity index (χ4v) is 3.69. The summed E-state index contributed by atoms with van der Waals surface area (Å²) >= 11 is 6.95. The summed E-state index contributed by atoms with van der Waals surface area (Å²) in [6.45, 7) is 1.38. The summed E-state index contributed by atoms with van der Waals surface area (Å²) in [6.07, 6.45) is 1.36. The van der Waals surface area contributed by atoms with E-state index in [4.69, 9.17) is 21.1 Å². The largest absolute Gasteiger partial charge is 0.462 e. The van der Waals surface area contributed by atoms with Gasteiger partial charge >= 0.3 is 11.9 Å². The van der Waals surface area contributed by atoms with Crippen molar-refractivity contribution < 1.29 is 23.9 Å². The smallest absolute Gasteiger partial charge is 0.350 e. The number of halogens is 1. The first-order chi connectivity index (χ1) is 14.5. The van der Waals surface area contributed by atoms with E-state index in [1.807, 2.05) is 30.3 Å². The second-order valence-corrected chi connectivity index (χ2v) is 7.37. The molecule has 0 aliphatic heterocycles. The molecule has 30 heavy (non-hydrogen) atoms. The number of hydrogen-bond acceptors (Lipinski definition) is 7. The standard InChI is InChI=1S/C21H17ClN2O5S/c1-2-28-21(27)19-15(11-16(30-19)13-6-4-3-5-7-13)24-18(25)12-29-20(26)14-8-9-23-17(22)10-14/h3-11H,2,12H2,1H3,(H,24,25). The highest BCUT2D eigenvalue weighted by atomic mass is 35.5. The Labute approximate surface area is 181 Å². The average molecular weight is 445 g/mol. The SMILES string of the molecule is CCOC(=O)c1sc(-c2ccccc2)cc1NC(=O)COC(=O)c1ccnc(Cl)c1. The molecule has 3 aromatic rings. The first kappa shape index (κ1) is 21.5. The van der Waals surface area contributed by atoms with Gasteiger partial charge in [-0.05, 0) is 30.7 Å². The van der Waals surface area contributed by atoms with E-state index in [0.29, 0.717) is 5.69 Å². The number of nitrogens with one attached hydrogen (secondary N) is 1. The Morgan fingerprint density at radius 1 is 1.07 bits per heavy atom. The summed E-state index contributed by atoms with van der Waals surface area (Å²) in [4.78, 5) is 41.5. The van der Waals surface area contributed by atoms with Crippen LogP contribution in [0.5, 0.6) is 0 Å². The number of nitrogens with zero attached hydrogens (tertiary/aromatic N) is 1. The number of esters is 2. The summed E-state index contributed by atoms with van der Waals surface area (Å²) in [5.74, 6) is -1.84. The van der Waals surface area contributed by atoms with E-state index in [0.717, 1.165) is 10.4 Å². The molecule has 7 nitrogen and oxygen atoms in total. The third-order valence-corrected chi connectivity index (χ3v) is 5.19. The number of ether oxygens (including phenoxy) is 2. The van der Waals surface area contributed by atoms with Crippen molar-refractivity contribution in [3.63, 3.8) is 0 Å². The van der Waals surface area contributed by atoms with Crippen molar-refractivity contribution in [2.45, 2.75) is 6.92 Å². The number of benzene rings is 1. The molecular weight excluding hydrogens is 428 g/mol. The molecule has 0 radical (unpaired) electrons. The molecule has 3 rings (SSSR count). The van der Waals surface area contributed by atoms with Gasteiger partial charge in [0.15, 0.2) is 6.61 Å². The van der Waals surface area contributed by atoms with Gasteiger partial charge in [0, 0.05) is 11.1 Å². The van der Waals surface area contributed by atoms with Crippen molar-refractivity contribution in [3.8, 4) is 10.4 Å². The zero-order valence-corrected chi connectivity index (χ0v) is 17.5. The topological polar surface area (TPSA) is 94.6 Å². The lowest BCUT2D eigenvalue weighted by Gasteiger charge is -2.07. The van der Waals surface area contributed by atoms with Gasteiger partial charge in [-0.3, -0.25) is 4.79 Å². The van der Waals surface area contributed by atoms with Gasteiger partial charge in [-0.2, -0.15) is 0 Å². The molecule has 0 atom stereocenters. The van der Waals surface area contributed by atoms with E-state index in [9.17, 15) is 14.4 Å². The van der Waals surface area contributed by atoms with Crippen LogP contribution in [0.25, 0.3) is 10.4 Å². The number of carbonyl (C=O) groups is 3. The van der Waals surface area contributed by atoms with Crippen molar-refractivity contribution in [2.75, 3.05) is 18.5 Å². The van der Waals surface area contributed by atoms with Crippen LogP contribution in [-0.2, 0) is 14.3 Å². The van der Waals surface area contributed by atoms with Crippen molar-refractivity contribution in [3.05, 3.63) is 70.3 Å². The minimum absolute atomic E-state index is 0.139. The van der Waals surface area contributed by atoms with Gasteiger partial charge in [-0.1, -0.05) is 41.9 Å². The van der Waals surface area contributed by atoms with Crippen molar-refractivity contribution in [1.29, 1.82) is 0 Å². The minimum Gasteiger partial charge on any atom is -0.462 e. The zero-order valence-electron chi connectivity index (χ0n) is 15.9. The lowest BCUT2D eigenvalue weighted by atomic mass is 10.2. The highest BCUT2D eigenvalue weighted by molar-refractivity contribution is 7.18. The van der Waals surface area contributed by atoms with E-state index in [1.54, 1.807) is 13.0 Å². The molecule has 0 aliphatic rings. The Kier molecular flexibility index (Phi) is 7.16. The maximum atomic E-state index is 12.3. The highest BCUT2D eigenvalue weighted by Gasteiger charge is 2.20. The van der Waals surface area contributed by atoms with Gasteiger partial charge in [0.2, 0.25) is 0 Å². The second-order valence-electron chi connectivity index (χ2n) is 5.93. The third kappa shape index (κ3) is 5.43. The van der Waals surface area contributed by atoms with Crippen LogP contribution in [0.15, 0.2) is 54.7 Å². The van der Waals surface area contributed by atoms with Crippen LogP contribution in [0.3, 0.4) is 0 Å². The lowest BCUT2D eigenvalue weighted by Crippen LogP contribution is -2.21. The van der Waals surface area contributed by atoms with Gasteiger partial charge in [0.1, 0.15) is 10.0 Å². The van der Waals surface area contributed by atoms with Crippen molar-refractivity contribution in [2.24, 2.45) is 0 Å². The van der Waals surface area contributed by atoms with Gasteiger partial charge < -0.3 is 14.8 Å². The van der Waals surface area contributed by atoms with Crippen LogP contribution in [-0.4, -0.2) is 36.0 Å². The van der Waals surface area contributed by atoms with Crippen LogP contribution in [0.1, 0.15) is 27.0 Å². The van der Waals surface area contributed by atoms with Gasteiger partial charge in [0.05, 0.1) is 17.9 Å². The number of thiophene rings is 1. The van der Waals surface area contributed by atoms with E-state index < -0.39 is 24.5 Å². The maximum absolute atomic E-state index is 12.3. The van der Waals surface area contributed by atoms with Crippen LogP contribution in [0.2, 0.25) is 5.15 Å². The van der Waals surface area contributed by atoms with E-state index in [2.05, 4.69) is 10.3 Å². The predicted molar refractivity (Wildman–Crippen MR) is 114 cm³/mol. The van der Waals surface area contributed by atoms with Crippen LogP contribution in [0.4, 0.5) is 5.69 Å². The molecule has 9 heteroatoms. The Morgan fingerprint density at radius 3 is 2.53 bits per heavy atom. The van der Waals surface area contributed by atoms with Crippen molar-refractivity contribution in [1.82, 2.24) is 4.98 Å². The average Bonchev–Trinajstić information content (AvgIpc) is 3.16. The summed E-state index contributed by atoms with van der Waals surface area (Å²) in [5.41, 5.74) is 1.37. The molecule has 0 unspecified atom stereocenters. The Balaban J connectivity index is 1.72. The highest BCUT2D eigenvalue weighted by Crippen LogP contribution is 2.35. The fourth-order valence-electron chi connectivity index (χ4n) is 2.51. The number of hydrogen-bond donors (Lipinski definition) is 1. The zero-order chi connectivity index (χ0) is 21.5. The number of aromatic nitrogens is 1. The Hall–Kier alpha value is -3.23. The van der Waals surface area contributed by atoms with Crippen LogP contribution >= 0.6 is 22.9 Å². The molecule has 0 bridgehead atoms. The predicted octanol–water partition coefficient (Wildman–Crippen LogP) is 4.44. The number of amides is 1. The van der Waals surface area contributed by atoms with Crippen molar-refractivity contribution >= 4 is 46.5 Å². The Bertz CT molecular complexity index is 1070. The fraction of sp³-hybridized carbons (Fsp3) is 0.143. The Morgan fingerprint density at radius 2 is 1.83 bits per heavy atom. The van der Waals surface area contributed by atoms with E-state index >= 15 is 0 Å². The molecule has 0 saturated carbocycles. The van der Waals surface area contributed by atoms with E-state index in [-0.39, 0.29) is 22.2 Å². The molecule has 2 aromatic heterocycles. The summed E-state index contributed by atoms with van der Waals surface area (Å²) in [5, 5.41) is 2.75.